The summed E-state index contributed by atoms with van der Waals surface area (Å²) in [6.45, 7) is 0.388. The van der Waals surface area contributed by atoms with E-state index >= 15 is 0 Å². The number of nitrogens with one attached hydrogen (secondary N) is 1. The van der Waals surface area contributed by atoms with Gasteiger partial charge in [-0.15, -0.1) is 0 Å². The molecular weight excluding hydrogens is 539 g/mol. The maximum atomic E-state index is 13.7. The van der Waals surface area contributed by atoms with Crippen LogP contribution in [0.3, 0.4) is 0 Å². The molecule has 1 atom stereocenters. The number of hydrogen-bond donors (Lipinski definition) is 1. The van der Waals surface area contributed by atoms with Crippen molar-refractivity contribution in [3.63, 3.8) is 0 Å². The molecule has 7 nitrogen and oxygen atoms in total. The first-order valence-electron chi connectivity index (χ1n) is 11.9. The molecule has 0 saturated carbocycles. The Bertz CT molecular complexity index is 1500. The number of carbonyl (C=O) groups excluding carboxylic acids is 2. The Hall–Kier alpha value is -3.82. The number of nitrogens with zero attached hydrogens (tertiary/aromatic N) is 3. The summed E-state index contributed by atoms with van der Waals surface area (Å²) in [5, 5.41) is 7.67. The summed E-state index contributed by atoms with van der Waals surface area (Å²) >= 11 is 3.46. The Kier molecular flexibility index (Phi) is 6.10. The summed E-state index contributed by atoms with van der Waals surface area (Å²) < 4.78 is 22.3. The summed E-state index contributed by atoms with van der Waals surface area (Å²) in [4.78, 5) is 26.3. The molecule has 2 aliphatic heterocycles. The van der Waals surface area contributed by atoms with Crippen molar-refractivity contribution in [2.24, 2.45) is 0 Å². The Morgan fingerprint density at radius 3 is 2.62 bits per heavy atom. The van der Waals surface area contributed by atoms with E-state index in [4.69, 9.17) is 9.84 Å². The van der Waals surface area contributed by atoms with E-state index in [2.05, 4.69) is 21.2 Å². The lowest BCUT2D eigenvalue weighted by Gasteiger charge is -2.23. The predicted molar refractivity (Wildman–Crippen MR) is 140 cm³/mol. The highest BCUT2D eigenvalue weighted by molar-refractivity contribution is 9.10. The van der Waals surface area contributed by atoms with Crippen molar-refractivity contribution in [2.75, 3.05) is 18.5 Å². The number of benzene rings is 3. The molecule has 4 aromatic rings. The van der Waals surface area contributed by atoms with E-state index in [1.807, 2.05) is 48.7 Å². The van der Waals surface area contributed by atoms with Crippen LogP contribution in [0.4, 0.5) is 10.1 Å². The van der Waals surface area contributed by atoms with Crippen LogP contribution in [0.25, 0.3) is 16.8 Å². The lowest BCUT2D eigenvalue weighted by atomic mass is 10.0. The smallest absolute Gasteiger partial charge is 0.251 e. The van der Waals surface area contributed by atoms with Gasteiger partial charge in [-0.25, -0.2) is 9.07 Å². The lowest BCUT2D eigenvalue weighted by molar-refractivity contribution is -0.128. The van der Waals surface area contributed by atoms with Gasteiger partial charge in [0.15, 0.2) is 6.23 Å². The molecule has 1 fully saturated rings. The minimum Gasteiger partial charge on any atom is -0.342 e. The van der Waals surface area contributed by atoms with Gasteiger partial charge in [0.05, 0.1) is 12.1 Å². The molecule has 186 valence electrons. The summed E-state index contributed by atoms with van der Waals surface area (Å²) in [6, 6.07) is 19.8. The monoisotopic (exact) mass is 560 g/mol. The number of hydrogen-bond acceptors (Lipinski definition) is 4. The molecule has 37 heavy (non-hydrogen) atoms. The molecular formula is C28H22BrFN4O3. The van der Waals surface area contributed by atoms with Gasteiger partial charge in [0.25, 0.3) is 5.91 Å². The van der Waals surface area contributed by atoms with Gasteiger partial charge in [-0.3, -0.25) is 9.59 Å². The van der Waals surface area contributed by atoms with Gasteiger partial charge in [-0.2, -0.15) is 5.10 Å². The second-order valence-corrected chi connectivity index (χ2v) is 9.99. The van der Waals surface area contributed by atoms with Gasteiger partial charge in [0.1, 0.15) is 18.1 Å². The topological polar surface area (TPSA) is 76.5 Å². The average Bonchev–Trinajstić information content (AvgIpc) is 3.59. The van der Waals surface area contributed by atoms with Crippen LogP contribution in [0.5, 0.6) is 0 Å². The van der Waals surface area contributed by atoms with Crippen molar-refractivity contribution >= 4 is 33.4 Å². The number of ether oxygens (including phenoxy) is 1. The number of anilines is 1. The van der Waals surface area contributed by atoms with Crippen molar-refractivity contribution in [3.05, 3.63) is 100 Å². The molecule has 3 aromatic carbocycles. The van der Waals surface area contributed by atoms with Gasteiger partial charge >= 0.3 is 0 Å². The van der Waals surface area contributed by atoms with Gasteiger partial charge < -0.3 is 15.0 Å². The minimum absolute atomic E-state index is 0.00924. The molecule has 3 heterocycles. The van der Waals surface area contributed by atoms with Crippen LogP contribution in [0.1, 0.15) is 23.0 Å². The number of amides is 2. The first-order chi connectivity index (χ1) is 17.9. The fourth-order valence-electron chi connectivity index (χ4n) is 4.76. The molecule has 2 aliphatic rings. The first-order valence-corrected chi connectivity index (χ1v) is 12.7. The maximum Gasteiger partial charge on any atom is 0.251 e. The summed E-state index contributed by atoms with van der Waals surface area (Å²) in [5.74, 6) is -0.456. The average molecular weight is 561 g/mol. The van der Waals surface area contributed by atoms with E-state index in [-0.39, 0.29) is 24.2 Å². The minimum atomic E-state index is -0.679. The van der Waals surface area contributed by atoms with Gasteiger partial charge in [-0.05, 0) is 65.6 Å². The lowest BCUT2D eigenvalue weighted by Crippen LogP contribution is -2.31. The van der Waals surface area contributed by atoms with Crippen LogP contribution in [-0.4, -0.2) is 39.6 Å². The third kappa shape index (κ3) is 4.68. The SMILES string of the molecule is O=C1Cc2cc(CCN3C(=O)CO[C@@H]3c3nn(-c4ccc(Br)cc4)cc3-c3ccc(F)cc3)ccc2N1. The molecule has 0 aliphatic carbocycles. The zero-order valence-corrected chi connectivity index (χ0v) is 21.2. The van der Waals surface area contributed by atoms with Crippen molar-refractivity contribution in [2.45, 2.75) is 19.1 Å². The quantitative estimate of drug-likeness (QED) is 0.358. The van der Waals surface area contributed by atoms with Crippen molar-refractivity contribution < 1.29 is 18.7 Å². The fraction of sp³-hybridized carbons (Fsp3) is 0.179. The van der Waals surface area contributed by atoms with E-state index in [1.165, 1.54) is 12.1 Å². The van der Waals surface area contributed by atoms with E-state index in [9.17, 15) is 14.0 Å². The highest BCUT2D eigenvalue weighted by atomic mass is 79.9. The van der Waals surface area contributed by atoms with Crippen molar-refractivity contribution in [1.82, 2.24) is 14.7 Å². The molecule has 1 saturated heterocycles. The van der Waals surface area contributed by atoms with Gasteiger partial charge in [0, 0.05) is 28.5 Å². The highest BCUT2D eigenvalue weighted by Gasteiger charge is 2.36. The van der Waals surface area contributed by atoms with Gasteiger partial charge in [0.2, 0.25) is 5.91 Å². The van der Waals surface area contributed by atoms with Crippen LogP contribution in [0.2, 0.25) is 0 Å². The molecule has 0 unspecified atom stereocenters. The number of carbonyl (C=O) groups is 2. The number of fused-ring (bicyclic) bond motifs is 1. The molecule has 0 spiro atoms. The Morgan fingerprint density at radius 1 is 1.05 bits per heavy atom. The second kappa shape index (κ2) is 9.57. The summed E-state index contributed by atoms with van der Waals surface area (Å²) in [6.07, 6.45) is 2.17. The Morgan fingerprint density at radius 2 is 1.84 bits per heavy atom. The molecule has 0 radical (unpaired) electrons. The van der Waals surface area contributed by atoms with Crippen LogP contribution in [-0.2, 0) is 27.2 Å². The van der Waals surface area contributed by atoms with E-state index in [1.54, 1.807) is 21.7 Å². The molecule has 0 bridgehead atoms. The third-order valence-corrected chi connectivity index (χ3v) is 7.16. The van der Waals surface area contributed by atoms with Crippen molar-refractivity contribution in [3.8, 4) is 16.8 Å². The van der Waals surface area contributed by atoms with Crippen LogP contribution in [0, 0.1) is 5.82 Å². The number of halogens is 2. The van der Waals surface area contributed by atoms with Gasteiger partial charge in [-0.1, -0.05) is 40.2 Å². The van der Waals surface area contributed by atoms with E-state index in [0.29, 0.717) is 25.1 Å². The van der Waals surface area contributed by atoms with Crippen LogP contribution >= 0.6 is 15.9 Å². The molecule has 1 N–H and O–H groups in total. The van der Waals surface area contributed by atoms with E-state index < -0.39 is 6.23 Å². The van der Waals surface area contributed by atoms with E-state index in [0.717, 1.165) is 38.1 Å². The Balaban J connectivity index is 1.32. The summed E-state index contributed by atoms with van der Waals surface area (Å²) in [7, 11) is 0. The molecule has 2 amide bonds. The van der Waals surface area contributed by atoms with Crippen molar-refractivity contribution in [1.29, 1.82) is 0 Å². The maximum absolute atomic E-state index is 13.7. The fourth-order valence-corrected chi connectivity index (χ4v) is 5.02. The molecule has 1 aromatic heterocycles. The standard InChI is InChI=1S/C28H22BrFN4O3/c29-20-4-8-22(9-5-20)34-15-23(18-2-6-21(30)7-3-18)27(32-34)28-33(26(36)16-37-28)12-11-17-1-10-24-19(13-17)14-25(35)31-24/h1-10,13,15,28H,11-12,14,16H2,(H,31,35)/t28-/m1/s1. The van der Waals surface area contributed by atoms with Crippen LogP contribution < -0.4 is 5.32 Å². The molecule has 9 heteroatoms. The number of aromatic nitrogens is 2. The largest absolute Gasteiger partial charge is 0.342 e. The summed E-state index contributed by atoms with van der Waals surface area (Å²) in [5.41, 5.74) is 5.81. The Labute approximate surface area is 221 Å². The predicted octanol–water partition coefficient (Wildman–Crippen LogP) is 5.04. The zero-order chi connectivity index (χ0) is 25.5. The number of rotatable bonds is 6. The highest BCUT2D eigenvalue weighted by Crippen LogP contribution is 2.35. The first kappa shape index (κ1) is 23.6. The normalized spacial score (nSPS) is 16.8. The third-order valence-electron chi connectivity index (χ3n) is 6.63. The second-order valence-electron chi connectivity index (χ2n) is 9.07. The van der Waals surface area contributed by atoms with Crippen LogP contribution in [0.15, 0.2) is 77.4 Å². The zero-order valence-electron chi connectivity index (χ0n) is 19.7. The molecule has 6 rings (SSSR count).